The van der Waals surface area contributed by atoms with Crippen LogP contribution in [0.5, 0.6) is 0 Å². The summed E-state index contributed by atoms with van der Waals surface area (Å²) in [4.78, 5) is 11.1. The van der Waals surface area contributed by atoms with Gasteiger partial charge in [-0.2, -0.15) is 5.26 Å². The van der Waals surface area contributed by atoms with Crippen LogP contribution in [-0.2, 0) is 4.79 Å². The van der Waals surface area contributed by atoms with E-state index in [1.807, 2.05) is 6.07 Å². The van der Waals surface area contributed by atoms with Crippen molar-refractivity contribution in [2.75, 3.05) is 6.54 Å². The van der Waals surface area contributed by atoms with Crippen LogP contribution in [0, 0.1) is 29.1 Å². The molecule has 0 aliphatic carbocycles. The highest BCUT2D eigenvalue weighted by Gasteiger charge is 2.17. The summed E-state index contributed by atoms with van der Waals surface area (Å²) in [6, 6.07) is 1.84. The van der Waals surface area contributed by atoms with Crippen LogP contribution in [-0.4, -0.2) is 12.5 Å². The van der Waals surface area contributed by atoms with Gasteiger partial charge in [0.1, 0.15) is 6.42 Å². The third kappa shape index (κ3) is 4.86. The largest absolute Gasteiger partial charge is 0.355 e. The molecule has 0 unspecified atom stereocenters. The molecular formula is C11H20N2O. The molecule has 0 aliphatic heterocycles. The number of rotatable bonds is 5. The maximum Gasteiger partial charge on any atom is 0.234 e. The molecule has 0 bridgehead atoms. The van der Waals surface area contributed by atoms with Crippen molar-refractivity contribution in [3.05, 3.63) is 0 Å². The lowest BCUT2D eigenvalue weighted by molar-refractivity contribution is -0.120. The Labute approximate surface area is 86.5 Å². The summed E-state index contributed by atoms with van der Waals surface area (Å²) in [7, 11) is 0. The molecule has 0 saturated heterocycles. The Morgan fingerprint density at radius 1 is 1.29 bits per heavy atom. The van der Waals surface area contributed by atoms with E-state index in [2.05, 4.69) is 33.0 Å². The fourth-order valence-corrected chi connectivity index (χ4v) is 1.61. The van der Waals surface area contributed by atoms with E-state index in [4.69, 9.17) is 5.26 Å². The molecule has 0 aromatic heterocycles. The van der Waals surface area contributed by atoms with Crippen LogP contribution in [0.2, 0.25) is 0 Å². The SMILES string of the molecule is CC(C)C(CNC(=O)CC#N)C(C)C. The second-order valence-corrected chi connectivity index (χ2v) is 4.29. The average Bonchev–Trinajstić information content (AvgIpc) is 2.03. The normalized spacial score (nSPS) is 10.7. The first-order valence-electron chi connectivity index (χ1n) is 5.12. The highest BCUT2D eigenvalue weighted by atomic mass is 16.1. The van der Waals surface area contributed by atoms with Gasteiger partial charge in [0.25, 0.3) is 0 Å². The van der Waals surface area contributed by atoms with Gasteiger partial charge in [-0.15, -0.1) is 0 Å². The van der Waals surface area contributed by atoms with Crippen molar-refractivity contribution in [1.29, 1.82) is 5.26 Å². The second kappa shape index (κ2) is 6.42. The molecule has 0 heterocycles. The van der Waals surface area contributed by atoms with Crippen molar-refractivity contribution >= 4 is 5.91 Å². The first kappa shape index (κ1) is 13.0. The van der Waals surface area contributed by atoms with E-state index in [0.717, 1.165) is 0 Å². The highest BCUT2D eigenvalue weighted by Crippen LogP contribution is 2.19. The Morgan fingerprint density at radius 3 is 2.14 bits per heavy atom. The minimum atomic E-state index is -0.168. The monoisotopic (exact) mass is 196 g/mol. The number of hydrogen-bond acceptors (Lipinski definition) is 2. The molecule has 0 aliphatic rings. The second-order valence-electron chi connectivity index (χ2n) is 4.29. The molecule has 0 rings (SSSR count). The van der Waals surface area contributed by atoms with Gasteiger partial charge in [0, 0.05) is 6.54 Å². The van der Waals surface area contributed by atoms with Gasteiger partial charge >= 0.3 is 0 Å². The van der Waals surface area contributed by atoms with Crippen LogP contribution in [0.1, 0.15) is 34.1 Å². The van der Waals surface area contributed by atoms with E-state index in [1.165, 1.54) is 0 Å². The maximum atomic E-state index is 11.1. The van der Waals surface area contributed by atoms with Gasteiger partial charge < -0.3 is 5.32 Å². The summed E-state index contributed by atoms with van der Waals surface area (Å²) < 4.78 is 0. The van der Waals surface area contributed by atoms with Gasteiger partial charge in [-0.25, -0.2) is 0 Å². The average molecular weight is 196 g/mol. The number of nitrogens with zero attached hydrogens (tertiary/aromatic N) is 1. The van der Waals surface area contributed by atoms with Crippen molar-refractivity contribution in [1.82, 2.24) is 5.32 Å². The lowest BCUT2D eigenvalue weighted by Crippen LogP contribution is -2.33. The molecule has 1 amide bonds. The third-order valence-electron chi connectivity index (χ3n) is 2.49. The van der Waals surface area contributed by atoms with Crippen LogP contribution >= 0.6 is 0 Å². The minimum Gasteiger partial charge on any atom is -0.355 e. The topological polar surface area (TPSA) is 52.9 Å². The molecular weight excluding hydrogens is 176 g/mol. The van der Waals surface area contributed by atoms with Crippen molar-refractivity contribution in [3.8, 4) is 6.07 Å². The first-order valence-corrected chi connectivity index (χ1v) is 5.12. The molecule has 0 saturated carbocycles. The van der Waals surface area contributed by atoms with Crippen molar-refractivity contribution in [3.63, 3.8) is 0 Å². The van der Waals surface area contributed by atoms with E-state index in [-0.39, 0.29) is 12.3 Å². The van der Waals surface area contributed by atoms with E-state index in [0.29, 0.717) is 24.3 Å². The summed E-state index contributed by atoms with van der Waals surface area (Å²) in [6.45, 7) is 9.29. The number of nitriles is 1. The van der Waals surface area contributed by atoms with Crippen molar-refractivity contribution in [2.45, 2.75) is 34.1 Å². The van der Waals surface area contributed by atoms with Gasteiger partial charge in [0.15, 0.2) is 0 Å². The molecule has 0 atom stereocenters. The van der Waals surface area contributed by atoms with Gasteiger partial charge in [0.2, 0.25) is 5.91 Å². The van der Waals surface area contributed by atoms with E-state index in [1.54, 1.807) is 0 Å². The number of carbonyl (C=O) groups is 1. The summed E-state index contributed by atoms with van der Waals surface area (Å²) in [5.74, 6) is 1.42. The van der Waals surface area contributed by atoms with E-state index >= 15 is 0 Å². The van der Waals surface area contributed by atoms with Crippen LogP contribution in [0.3, 0.4) is 0 Å². The molecule has 0 aromatic rings. The number of amides is 1. The minimum absolute atomic E-state index is 0.0388. The molecule has 80 valence electrons. The highest BCUT2D eigenvalue weighted by molar-refractivity contribution is 5.77. The predicted molar refractivity (Wildman–Crippen MR) is 56.4 cm³/mol. The zero-order valence-electron chi connectivity index (χ0n) is 9.50. The smallest absolute Gasteiger partial charge is 0.234 e. The van der Waals surface area contributed by atoms with Crippen LogP contribution in [0.15, 0.2) is 0 Å². The van der Waals surface area contributed by atoms with Gasteiger partial charge in [0.05, 0.1) is 6.07 Å². The standard InChI is InChI=1S/C11H20N2O/c1-8(2)10(9(3)4)7-13-11(14)5-6-12/h8-10H,5,7H2,1-4H3,(H,13,14). The number of carbonyl (C=O) groups excluding carboxylic acids is 1. The van der Waals surface area contributed by atoms with Gasteiger partial charge in [-0.3, -0.25) is 4.79 Å². The Hall–Kier alpha value is -1.04. The first-order chi connectivity index (χ1) is 6.49. The number of hydrogen-bond donors (Lipinski definition) is 1. The Morgan fingerprint density at radius 2 is 1.79 bits per heavy atom. The lowest BCUT2D eigenvalue weighted by Gasteiger charge is -2.24. The molecule has 14 heavy (non-hydrogen) atoms. The fourth-order valence-electron chi connectivity index (χ4n) is 1.61. The zero-order valence-corrected chi connectivity index (χ0v) is 9.50. The quantitative estimate of drug-likeness (QED) is 0.730. The molecule has 3 heteroatoms. The summed E-state index contributed by atoms with van der Waals surface area (Å²) in [5.41, 5.74) is 0. The maximum absolute atomic E-state index is 11.1. The molecule has 0 fully saturated rings. The van der Waals surface area contributed by atoms with Gasteiger partial charge in [-0.05, 0) is 17.8 Å². The van der Waals surface area contributed by atoms with Crippen LogP contribution < -0.4 is 5.32 Å². The van der Waals surface area contributed by atoms with Crippen LogP contribution in [0.4, 0.5) is 0 Å². The zero-order chi connectivity index (χ0) is 11.1. The molecule has 0 radical (unpaired) electrons. The summed E-state index contributed by atoms with van der Waals surface area (Å²) in [5, 5.41) is 11.1. The summed E-state index contributed by atoms with van der Waals surface area (Å²) >= 11 is 0. The predicted octanol–water partition coefficient (Wildman–Crippen LogP) is 1.94. The van der Waals surface area contributed by atoms with Gasteiger partial charge in [-0.1, -0.05) is 27.7 Å². The Balaban J connectivity index is 3.96. The third-order valence-corrected chi connectivity index (χ3v) is 2.49. The lowest BCUT2D eigenvalue weighted by atomic mass is 9.85. The molecule has 0 spiro atoms. The van der Waals surface area contributed by atoms with Crippen molar-refractivity contribution in [2.24, 2.45) is 17.8 Å². The molecule has 3 nitrogen and oxygen atoms in total. The molecule has 1 N–H and O–H groups in total. The Kier molecular flexibility index (Phi) is 5.94. The number of nitrogens with one attached hydrogen (secondary N) is 1. The molecule has 0 aromatic carbocycles. The van der Waals surface area contributed by atoms with E-state index in [9.17, 15) is 4.79 Å². The summed E-state index contributed by atoms with van der Waals surface area (Å²) in [6.07, 6.45) is -0.0388. The fraction of sp³-hybridized carbons (Fsp3) is 0.818. The Bertz CT molecular complexity index is 208. The van der Waals surface area contributed by atoms with Crippen LogP contribution in [0.25, 0.3) is 0 Å². The van der Waals surface area contributed by atoms with E-state index < -0.39 is 0 Å². The van der Waals surface area contributed by atoms with Crippen molar-refractivity contribution < 1.29 is 4.79 Å².